The van der Waals surface area contributed by atoms with Crippen molar-refractivity contribution in [1.82, 2.24) is 4.72 Å². The van der Waals surface area contributed by atoms with Crippen LogP contribution in [0.5, 0.6) is 11.5 Å². The van der Waals surface area contributed by atoms with Gasteiger partial charge in [0.05, 0.1) is 19.1 Å². The van der Waals surface area contributed by atoms with E-state index in [0.717, 1.165) is 11.1 Å². The molecular weight excluding hydrogens is 444 g/mol. The largest absolute Gasteiger partial charge is 0.497 e. The molecule has 0 aliphatic heterocycles. The quantitative estimate of drug-likeness (QED) is 0.443. The maximum Gasteiger partial charge on any atom is 0.323 e. The Hall–Kier alpha value is -3.56. The van der Waals surface area contributed by atoms with Crippen molar-refractivity contribution < 1.29 is 27.8 Å². The van der Waals surface area contributed by atoms with Crippen LogP contribution in [-0.2, 0) is 27.9 Å². The molecule has 174 valence electrons. The molecule has 8 nitrogen and oxygen atoms in total. The fourth-order valence-corrected chi connectivity index (χ4v) is 4.29. The molecule has 2 N–H and O–H groups in total. The lowest BCUT2D eigenvalue weighted by Gasteiger charge is -2.23. The maximum absolute atomic E-state index is 12.7. The number of methoxy groups -OCH3 is 2. The van der Waals surface area contributed by atoms with Crippen molar-refractivity contribution in [3.8, 4) is 11.5 Å². The lowest BCUT2D eigenvalue weighted by Crippen LogP contribution is -2.29. The Morgan fingerprint density at radius 1 is 0.909 bits per heavy atom. The van der Waals surface area contributed by atoms with E-state index in [2.05, 4.69) is 4.72 Å². The van der Waals surface area contributed by atoms with Gasteiger partial charge in [-0.25, -0.2) is 13.1 Å². The first kappa shape index (κ1) is 24.1. The number of nitrogens with zero attached hydrogens (tertiary/aromatic N) is 1. The molecule has 0 amide bonds. The second kappa shape index (κ2) is 10.8. The molecule has 0 unspecified atom stereocenters. The first-order valence-corrected chi connectivity index (χ1v) is 11.6. The molecule has 3 aromatic carbocycles. The Morgan fingerprint density at radius 3 is 2.06 bits per heavy atom. The molecule has 0 saturated carbocycles. The van der Waals surface area contributed by atoms with Crippen molar-refractivity contribution in [2.45, 2.75) is 18.0 Å². The van der Waals surface area contributed by atoms with Gasteiger partial charge in [-0.15, -0.1) is 0 Å². The van der Waals surface area contributed by atoms with Crippen LogP contribution in [0.3, 0.4) is 0 Å². The molecule has 0 radical (unpaired) electrons. The van der Waals surface area contributed by atoms with Crippen molar-refractivity contribution in [3.05, 3.63) is 83.9 Å². The van der Waals surface area contributed by atoms with Crippen LogP contribution >= 0.6 is 0 Å². The van der Waals surface area contributed by atoms with Gasteiger partial charge in [-0.1, -0.05) is 24.3 Å². The number of sulfonamides is 1. The second-order valence-electron chi connectivity index (χ2n) is 7.27. The van der Waals surface area contributed by atoms with Crippen molar-refractivity contribution in [2.75, 3.05) is 25.7 Å². The van der Waals surface area contributed by atoms with Crippen molar-refractivity contribution in [1.29, 1.82) is 0 Å². The van der Waals surface area contributed by atoms with Gasteiger partial charge in [-0.3, -0.25) is 4.79 Å². The van der Waals surface area contributed by atoms with Crippen LogP contribution in [0.1, 0.15) is 11.1 Å². The first-order valence-electron chi connectivity index (χ1n) is 10.1. The number of rotatable bonds is 11. The first-order chi connectivity index (χ1) is 15.8. The van der Waals surface area contributed by atoms with Crippen LogP contribution in [0.15, 0.2) is 77.7 Å². The van der Waals surface area contributed by atoms with Gasteiger partial charge >= 0.3 is 5.97 Å². The van der Waals surface area contributed by atoms with Crippen LogP contribution in [-0.4, -0.2) is 40.3 Å². The van der Waals surface area contributed by atoms with E-state index in [1.54, 1.807) is 55.5 Å². The summed E-state index contributed by atoms with van der Waals surface area (Å²) >= 11 is 0. The maximum atomic E-state index is 12.7. The van der Waals surface area contributed by atoms with Crippen LogP contribution in [0.25, 0.3) is 0 Å². The van der Waals surface area contributed by atoms with E-state index >= 15 is 0 Å². The molecule has 33 heavy (non-hydrogen) atoms. The monoisotopic (exact) mass is 470 g/mol. The second-order valence-corrected chi connectivity index (χ2v) is 9.04. The van der Waals surface area contributed by atoms with Crippen molar-refractivity contribution >= 4 is 21.7 Å². The Kier molecular flexibility index (Phi) is 7.92. The van der Waals surface area contributed by atoms with Gasteiger partial charge in [0.15, 0.2) is 0 Å². The zero-order chi connectivity index (χ0) is 23.8. The summed E-state index contributed by atoms with van der Waals surface area (Å²) in [5.74, 6) is 0.325. The SMILES string of the molecule is COc1cccc(CNS(=O)(=O)c2ccc(N(CC(=O)O)Cc3cccc(OC)c3)cc2)c1. The number of benzene rings is 3. The number of aliphatic carboxylic acids is 1. The minimum absolute atomic E-state index is 0.0887. The summed E-state index contributed by atoms with van der Waals surface area (Å²) in [6.45, 7) is 0.198. The van der Waals surface area contributed by atoms with E-state index in [0.29, 0.717) is 23.7 Å². The van der Waals surface area contributed by atoms with Gasteiger partial charge in [0, 0.05) is 18.8 Å². The summed E-state index contributed by atoms with van der Waals surface area (Å²) in [6.07, 6.45) is 0. The number of hydrogen-bond acceptors (Lipinski definition) is 6. The summed E-state index contributed by atoms with van der Waals surface area (Å²) in [6, 6.07) is 20.6. The van der Waals surface area contributed by atoms with Gasteiger partial charge in [-0.2, -0.15) is 0 Å². The van der Waals surface area contributed by atoms with Gasteiger partial charge < -0.3 is 19.5 Å². The van der Waals surface area contributed by atoms with E-state index in [1.165, 1.54) is 12.1 Å². The normalized spacial score (nSPS) is 11.1. The van der Waals surface area contributed by atoms with Gasteiger partial charge in [0.2, 0.25) is 10.0 Å². The van der Waals surface area contributed by atoms with Crippen molar-refractivity contribution in [3.63, 3.8) is 0 Å². The molecule has 0 aromatic heterocycles. The number of carboxylic acids is 1. The number of carbonyl (C=O) groups is 1. The third kappa shape index (κ3) is 6.71. The predicted molar refractivity (Wildman–Crippen MR) is 125 cm³/mol. The number of nitrogens with one attached hydrogen (secondary N) is 1. The third-order valence-corrected chi connectivity index (χ3v) is 6.36. The molecule has 0 heterocycles. The number of anilines is 1. The lowest BCUT2D eigenvalue weighted by atomic mass is 10.2. The Morgan fingerprint density at radius 2 is 1.48 bits per heavy atom. The standard InChI is InChI=1S/C24H26N2O6S/c1-31-21-7-3-5-18(13-21)15-25-33(29,30)23-11-9-20(10-12-23)26(17-24(27)28)16-19-6-4-8-22(14-19)32-2/h3-14,25H,15-17H2,1-2H3,(H,27,28). The summed E-state index contributed by atoms with van der Waals surface area (Å²) in [5.41, 5.74) is 2.22. The third-order valence-electron chi connectivity index (χ3n) is 4.95. The van der Waals surface area contributed by atoms with Gasteiger partial charge in [0.25, 0.3) is 0 Å². The number of carboxylic acid groups (broad SMARTS) is 1. The predicted octanol–water partition coefficient (Wildman–Crippen LogP) is 3.27. The van der Waals surface area contributed by atoms with E-state index < -0.39 is 16.0 Å². The smallest absolute Gasteiger partial charge is 0.323 e. The fraction of sp³-hybridized carbons (Fsp3) is 0.208. The van der Waals surface area contributed by atoms with Crippen LogP contribution in [0.2, 0.25) is 0 Å². The average Bonchev–Trinajstić information content (AvgIpc) is 2.82. The lowest BCUT2D eigenvalue weighted by molar-refractivity contribution is -0.135. The highest BCUT2D eigenvalue weighted by Crippen LogP contribution is 2.22. The van der Waals surface area contributed by atoms with Gasteiger partial charge in [0.1, 0.15) is 18.0 Å². The molecule has 3 aromatic rings. The minimum atomic E-state index is -3.75. The molecule has 9 heteroatoms. The molecule has 0 bridgehead atoms. The Labute approximate surface area is 193 Å². The molecule has 3 rings (SSSR count). The summed E-state index contributed by atoms with van der Waals surface area (Å²) in [7, 11) is -0.640. The summed E-state index contributed by atoms with van der Waals surface area (Å²) < 4.78 is 38.4. The van der Waals surface area contributed by atoms with E-state index in [-0.39, 0.29) is 18.0 Å². The van der Waals surface area contributed by atoms with Crippen LogP contribution < -0.4 is 19.1 Å². The van der Waals surface area contributed by atoms with E-state index in [9.17, 15) is 18.3 Å². The zero-order valence-corrected chi connectivity index (χ0v) is 19.2. The van der Waals surface area contributed by atoms with Crippen LogP contribution in [0.4, 0.5) is 5.69 Å². The van der Waals surface area contributed by atoms with Crippen LogP contribution in [0, 0.1) is 0 Å². The molecule has 0 aliphatic rings. The van der Waals surface area contributed by atoms with Crippen molar-refractivity contribution in [2.24, 2.45) is 0 Å². The molecule has 0 atom stereocenters. The molecule has 0 saturated heterocycles. The highest BCUT2D eigenvalue weighted by atomic mass is 32.2. The Bertz CT molecular complexity index is 1200. The molecule has 0 fully saturated rings. The topological polar surface area (TPSA) is 105 Å². The average molecular weight is 471 g/mol. The number of ether oxygens (including phenoxy) is 2. The van der Waals surface area contributed by atoms with Gasteiger partial charge in [-0.05, 0) is 59.7 Å². The highest BCUT2D eigenvalue weighted by molar-refractivity contribution is 7.89. The van der Waals surface area contributed by atoms with E-state index in [4.69, 9.17) is 9.47 Å². The fourth-order valence-electron chi connectivity index (χ4n) is 3.27. The summed E-state index contributed by atoms with van der Waals surface area (Å²) in [4.78, 5) is 13.1. The number of hydrogen-bond donors (Lipinski definition) is 2. The Balaban J connectivity index is 1.75. The molecular formula is C24H26N2O6S. The summed E-state index contributed by atoms with van der Waals surface area (Å²) in [5, 5.41) is 9.34. The highest BCUT2D eigenvalue weighted by Gasteiger charge is 2.17. The minimum Gasteiger partial charge on any atom is -0.497 e. The molecule has 0 spiro atoms. The van der Waals surface area contributed by atoms with E-state index in [1.807, 2.05) is 24.3 Å². The molecule has 0 aliphatic carbocycles. The zero-order valence-electron chi connectivity index (χ0n) is 18.4.